The molecule has 0 spiro atoms. The lowest BCUT2D eigenvalue weighted by molar-refractivity contribution is -0.116. The molecule has 1 aromatic carbocycles. The largest absolute Gasteiger partial charge is 0.324 e. The van der Waals surface area contributed by atoms with Crippen molar-refractivity contribution in [1.29, 1.82) is 5.26 Å². The van der Waals surface area contributed by atoms with Crippen LogP contribution in [0.2, 0.25) is 0 Å². The number of carbonyl (C=O) groups excluding carboxylic acids is 1. The highest BCUT2D eigenvalue weighted by atomic mass is 16.2. The van der Waals surface area contributed by atoms with E-state index in [-0.39, 0.29) is 30.2 Å². The first-order chi connectivity index (χ1) is 12.2. The van der Waals surface area contributed by atoms with Crippen LogP contribution in [0.4, 0.5) is 5.69 Å². The number of nitriles is 1. The van der Waals surface area contributed by atoms with Gasteiger partial charge in [-0.3, -0.25) is 9.59 Å². The maximum absolute atomic E-state index is 12.4. The summed E-state index contributed by atoms with van der Waals surface area (Å²) in [6.07, 6.45) is 4.44. The summed E-state index contributed by atoms with van der Waals surface area (Å²) in [7, 11) is 0. The summed E-state index contributed by atoms with van der Waals surface area (Å²) >= 11 is 0. The van der Waals surface area contributed by atoms with E-state index in [1.807, 2.05) is 30.3 Å². The van der Waals surface area contributed by atoms with Gasteiger partial charge in [0.25, 0.3) is 5.56 Å². The van der Waals surface area contributed by atoms with Crippen LogP contribution in [0.1, 0.15) is 48.4 Å². The van der Waals surface area contributed by atoms with Crippen molar-refractivity contribution in [2.75, 3.05) is 5.32 Å². The Bertz CT molecular complexity index is 849. The van der Waals surface area contributed by atoms with Crippen molar-refractivity contribution < 1.29 is 4.79 Å². The molecule has 5 nitrogen and oxygen atoms in total. The maximum Gasteiger partial charge on any atom is 0.271 e. The van der Waals surface area contributed by atoms with Crippen LogP contribution in [0, 0.1) is 11.3 Å². The molecule has 0 saturated carbocycles. The molecule has 1 atom stereocenters. The Morgan fingerprint density at radius 1 is 1.24 bits per heavy atom. The van der Waals surface area contributed by atoms with Crippen molar-refractivity contribution in [3.8, 4) is 6.07 Å². The number of rotatable bonds is 5. The topological polar surface area (TPSA) is 85.8 Å². The summed E-state index contributed by atoms with van der Waals surface area (Å²) in [4.78, 5) is 27.5. The predicted molar refractivity (Wildman–Crippen MR) is 96.4 cm³/mol. The van der Waals surface area contributed by atoms with Gasteiger partial charge in [-0.05, 0) is 42.9 Å². The number of anilines is 1. The van der Waals surface area contributed by atoms with Crippen LogP contribution in [-0.4, -0.2) is 10.9 Å². The predicted octanol–water partition coefficient (Wildman–Crippen LogP) is 3.28. The highest BCUT2D eigenvalue weighted by molar-refractivity contribution is 5.91. The molecule has 1 amide bonds. The number of fused-ring (bicyclic) bond motifs is 1. The number of aromatic amines is 1. The number of nitrogens with zero attached hydrogens (tertiary/aromatic N) is 1. The SMILES string of the molecule is N#CCC(CC(=O)Nc1cc2c([nH]c1=O)CCCC2)c1ccccc1. The van der Waals surface area contributed by atoms with Gasteiger partial charge in [-0.25, -0.2) is 0 Å². The molecule has 128 valence electrons. The molecule has 1 aliphatic carbocycles. The van der Waals surface area contributed by atoms with Gasteiger partial charge in [-0.15, -0.1) is 0 Å². The Balaban J connectivity index is 1.73. The molecule has 2 aromatic rings. The van der Waals surface area contributed by atoms with Crippen LogP contribution in [-0.2, 0) is 17.6 Å². The molecule has 1 unspecified atom stereocenters. The van der Waals surface area contributed by atoms with Crippen molar-refractivity contribution in [2.45, 2.75) is 44.4 Å². The molecule has 0 aliphatic heterocycles. The highest BCUT2D eigenvalue weighted by Crippen LogP contribution is 2.24. The number of aromatic nitrogens is 1. The third kappa shape index (κ3) is 4.16. The van der Waals surface area contributed by atoms with E-state index in [9.17, 15) is 9.59 Å². The van der Waals surface area contributed by atoms with Crippen LogP contribution in [0.5, 0.6) is 0 Å². The van der Waals surface area contributed by atoms with Gasteiger partial charge >= 0.3 is 0 Å². The number of carbonyl (C=O) groups is 1. The molecule has 1 aromatic heterocycles. The Morgan fingerprint density at radius 3 is 2.76 bits per heavy atom. The van der Waals surface area contributed by atoms with E-state index in [0.717, 1.165) is 42.5 Å². The summed E-state index contributed by atoms with van der Waals surface area (Å²) in [5, 5.41) is 11.8. The van der Waals surface area contributed by atoms with Crippen molar-refractivity contribution >= 4 is 11.6 Å². The van der Waals surface area contributed by atoms with E-state index in [1.54, 1.807) is 6.07 Å². The van der Waals surface area contributed by atoms with E-state index < -0.39 is 0 Å². The normalized spacial score (nSPS) is 14.2. The number of aryl methyl sites for hydroxylation is 2. The molecular weight excluding hydrogens is 314 g/mol. The van der Waals surface area contributed by atoms with Crippen LogP contribution >= 0.6 is 0 Å². The lowest BCUT2D eigenvalue weighted by Crippen LogP contribution is -2.23. The Hall–Kier alpha value is -2.87. The van der Waals surface area contributed by atoms with E-state index >= 15 is 0 Å². The monoisotopic (exact) mass is 335 g/mol. The van der Waals surface area contributed by atoms with Crippen molar-refractivity contribution in [1.82, 2.24) is 4.98 Å². The Labute approximate surface area is 146 Å². The van der Waals surface area contributed by atoms with E-state index in [4.69, 9.17) is 5.26 Å². The molecule has 1 aliphatic rings. The van der Waals surface area contributed by atoms with E-state index in [0.29, 0.717) is 5.69 Å². The minimum atomic E-state index is -0.259. The fraction of sp³-hybridized carbons (Fsp3) is 0.350. The van der Waals surface area contributed by atoms with Gasteiger partial charge in [0.15, 0.2) is 0 Å². The van der Waals surface area contributed by atoms with Crippen LogP contribution < -0.4 is 10.9 Å². The molecule has 0 radical (unpaired) electrons. The summed E-state index contributed by atoms with van der Waals surface area (Å²) in [5.41, 5.74) is 3.09. The number of amides is 1. The molecule has 25 heavy (non-hydrogen) atoms. The van der Waals surface area contributed by atoms with Gasteiger partial charge in [-0.1, -0.05) is 30.3 Å². The highest BCUT2D eigenvalue weighted by Gasteiger charge is 2.18. The molecule has 0 fully saturated rings. The van der Waals surface area contributed by atoms with Crippen molar-refractivity contribution in [3.63, 3.8) is 0 Å². The number of benzene rings is 1. The molecule has 5 heteroatoms. The number of hydrogen-bond acceptors (Lipinski definition) is 3. The summed E-state index contributed by atoms with van der Waals surface area (Å²) in [6, 6.07) is 13.5. The summed E-state index contributed by atoms with van der Waals surface area (Å²) < 4.78 is 0. The lowest BCUT2D eigenvalue weighted by Gasteiger charge is -2.17. The Kier molecular flexibility index (Phi) is 5.30. The zero-order chi connectivity index (χ0) is 17.6. The molecule has 0 bridgehead atoms. The summed E-state index contributed by atoms with van der Waals surface area (Å²) in [6.45, 7) is 0. The number of H-pyrrole nitrogens is 1. The maximum atomic E-state index is 12.4. The number of hydrogen-bond donors (Lipinski definition) is 2. The fourth-order valence-electron chi connectivity index (χ4n) is 3.34. The smallest absolute Gasteiger partial charge is 0.271 e. The van der Waals surface area contributed by atoms with Crippen LogP contribution in [0.15, 0.2) is 41.2 Å². The van der Waals surface area contributed by atoms with Gasteiger partial charge < -0.3 is 10.3 Å². The second-order valence-electron chi connectivity index (χ2n) is 6.45. The van der Waals surface area contributed by atoms with Crippen molar-refractivity contribution in [3.05, 3.63) is 63.6 Å². The van der Waals surface area contributed by atoms with Gasteiger partial charge in [0.1, 0.15) is 5.69 Å². The molecule has 3 rings (SSSR count). The van der Waals surface area contributed by atoms with Crippen LogP contribution in [0.25, 0.3) is 0 Å². The fourth-order valence-corrected chi connectivity index (χ4v) is 3.34. The first kappa shape index (κ1) is 17.0. The number of pyridine rings is 1. The zero-order valence-electron chi connectivity index (χ0n) is 14.0. The molecule has 2 N–H and O–H groups in total. The third-order valence-electron chi connectivity index (χ3n) is 4.65. The second-order valence-corrected chi connectivity index (χ2v) is 6.45. The lowest BCUT2D eigenvalue weighted by atomic mass is 9.92. The average molecular weight is 335 g/mol. The van der Waals surface area contributed by atoms with Crippen LogP contribution in [0.3, 0.4) is 0 Å². The van der Waals surface area contributed by atoms with Gasteiger partial charge in [-0.2, -0.15) is 5.26 Å². The van der Waals surface area contributed by atoms with E-state index in [1.165, 1.54) is 0 Å². The molecular formula is C20H21N3O2. The van der Waals surface area contributed by atoms with E-state index in [2.05, 4.69) is 16.4 Å². The van der Waals surface area contributed by atoms with Gasteiger partial charge in [0.05, 0.1) is 6.07 Å². The molecule has 1 heterocycles. The number of nitrogens with one attached hydrogen (secondary N) is 2. The Morgan fingerprint density at radius 2 is 2.00 bits per heavy atom. The minimum absolute atomic E-state index is 0.175. The average Bonchev–Trinajstić information content (AvgIpc) is 2.63. The quantitative estimate of drug-likeness (QED) is 0.879. The summed E-state index contributed by atoms with van der Waals surface area (Å²) in [5.74, 6) is -0.423. The zero-order valence-corrected chi connectivity index (χ0v) is 14.0. The third-order valence-corrected chi connectivity index (χ3v) is 4.65. The van der Waals surface area contributed by atoms with Crippen molar-refractivity contribution in [2.24, 2.45) is 0 Å². The second kappa shape index (κ2) is 7.80. The minimum Gasteiger partial charge on any atom is -0.324 e. The standard InChI is InChI=1S/C20H21N3O2/c21-11-10-15(14-6-2-1-3-7-14)13-19(24)22-18-12-16-8-4-5-9-17(16)23-20(18)25/h1-3,6-7,12,15H,4-5,8-10,13H2,(H,22,24)(H,23,25). The van der Waals surface area contributed by atoms with Gasteiger partial charge in [0.2, 0.25) is 5.91 Å². The molecule has 0 saturated heterocycles. The first-order valence-electron chi connectivity index (χ1n) is 8.64. The van der Waals surface area contributed by atoms with Gasteiger partial charge in [0, 0.05) is 24.5 Å². The first-order valence-corrected chi connectivity index (χ1v) is 8.64.